The van der Waals surface area contributed by atoms with Gasteiger partial charge in [0.2, 0.25) is 5.88 Å². The summed E-state index contributed by atoms with van der Waals surface area (Å²) in [7, 11) is 0. The maximum absolute atomic E-state index is 12.4. The van der Waals surface area contributed by atoms with Gasteiger partial charge in [0, 0.05) is 12.3 Å². The van der Waals surface area contributed by atoms with Gasteiger partial charge < -0.3 is 4.84 Å². The Morgan fingerprint density at radius 1 is 1.00 bits per heavy atom. The Bertz CT molecular complexity index is 734. The Kier molecular flexibility index (Phi) is 2.81. The molecule has 7 heteroatoms. The van der Waals surface area contributed by atoms with Gasteiger partial charge in [-0.1, -0.05) is 12.1 Å². The number of benzene rings is 1. The van der Waals surface area contributed by atoms with Crippen molar-refractivity contribution in [3.8, 4) is 5.88 Å². The minimum atomic E-state index is -4.41. The van der Waals surface area contributed by atoms with Crippen molar-refractivity contribution in [2.45, 2.75) is 6.18 Å². The van der Waals surface area contributed by atoms with E-state index in [4.69, 9.17) is 4.84 Å². The minimum absolute atomic E-state index is 0.0566. The summed E-state index contributed by atoms with van der Waals surface area (Å²) < 4.78 is 38.6. The number of nitrogens with zero attached hydrogens (tertiary/aromatic N) is 3. The van der Waals surface area contributed by atoms with E-state index in [0.717, 1.165) is 23.8 Å². The summed E-state index contributed by atoms with van der Waals surface area (Å²) in [6.07, 6.45) is -2.24. The van der Waals surface area contributed by atoms with E-state index in [1.165, 1.54) is 11.1 Å². The Morgan fingerprint density at radius 2 is 1.80 bits per heavy atom. The highest BCUT2D eigenvalue weighted by atomic mass is 19.4. The van der Waals surface area contributed by atoms with Crippen molar-refractivity contribution >= 4 is 11.0 Å². The van der Waals surface area contributed by atoms with Crippen molar-refractivity contribution in [3.63, 3.8) is 0 Å². The molecule has 0 atom stereocenters. The molecule has 0 aliphatic rings. The highest BCUT2D eigenvalue weighted by Gasteiger charge is 2.30. The number of pyridine rings is 1. The van der Waals surface area contributed by atoms with Crippen molar-refractivity contribution in [1.29, 1.82) is 0 Å². The molecule has 20 heavy (non-hydrogen) atoms. The van der Waals surface area contributed by atoms with Crippen LogP contribution in [0.2, 0.25) is 0 Å². The molecular formula is C13H8F3N3O. The minimum Gasteiger partial charge on any atom is -0.353 e. The topological polar surface area (TPSA) is 39.9 Å². The highest BCUT2D eigenvalue weighted by molar-refractivity contribution is 5.74. The van der Waals surface area contributed by atoms with Crippen LogP contribution in [0.1, 0.15) is 5.56 Å². The fraction of sp³-hybridized carbons (Fsp3) is 0.0769. The van der Waals surface area contributed by atoms with Crippen molar-refractivity contribution < 1.29 is 18.0 Å². The fourth-order valence-corrected chi connectivity index (χ4v) is 1.71. The molecule has 0 spiro atoms. The summed E-state index contributed by atoms with van der Waals surface area (Å²) >= 11 is 0. The van der Waals surface area contributed by atoms with E-state index in [0.29, 0.717) is 5.52 Å². The molecule has 0 saturated heterocycles. The van der Waals surface area contributed by atoms with E-state index < -0.39 is 11.7 Å². The number of aromatic nitrogens is 3. The zero-order valence-corrected chi connectivity index (χ0v) is 10.0. The van der Waals surface area contributed by atoms with Crippen molar-refractivity contribution in [3.05, 3.63) is 54.5 Å². The summed E-state index contributed by atoms with van der Waals surface area (Å²) in [5.41, 5.74) is 0.606. The van der Waals surface area contributed by atoms with Crippen LogP contribution in [0.25, 0.3) is 11.0 Å². The number of fused-ring (bicyclic) bond motifs is 1. The maximum Gasteiger partial charge on any atom is 0.417 e. The molecule has 102 valence electrons. The van der Waals surface area contributed by atoms with Crippen LogP contribution in [0, 0.1) is 0 Å². The van der Waals surface area contributed by atoms with Gasteiger partial charge >= 0.3 is 6.18 Å². The molecule has 1 aromatic carbocycles. The second-order valence-corrected chi connectivity index (χ2v) is 4.03. The Morgan fingerprint density at radius 3 is 2.50 bits per heavy atom. The van der Waals surface area contributed by atoms with E-state index in [1.807, 2.05) is 12.1 Å². The van der Waals surface area contributed by atoms with Crippen molar-refractivity contribution in [2.75, 3.05) is 0 Å². The number of rotatable bonds is 2. The average molecular weight is 279 g/mol. The third kappa shape index (κ3) is 2.29. The predicted molar refractivity (Wildman–Crippen MR) is 65.0 cm³/mol. The lowest BCUT2D eigenvalue weighted by Crippen LogP contribution is -2.08. The Labute approximate surface area is 111 Å². The standard InChI is InChI=1S/C13H8F3N3O/c14-13(15,16)9-5-6-12(17-7-9)20-19-8-18-10-3-1-2-4-11(10)19/h1-8H. The number of hydrogen-bond donors (Lipinski definition) is 0. The molecule has 0 aliphatic heterocycles. The van der Waals surface area contributed by atoms with E-state index in [9.17, 15) is 13.2 Å². The second-order valence-electron chi connectivity index (χ2n) is 4.03. The van der Waals surface area contributed by atoms with Crippen LogP contribution in [0.3, 0.4) is 0 Å². The Balaban J connectivity index is 1.88. The summed E-state index contributed by atoms with van der Waals surface area (Å²) in [5.74, 6) is 0.0566. The summed E-state index contributed by atoms with van der Waals surface area (Å²) in [6.45, 7) is 0. The molecule has 2 heterocycles. The lowest BCUT2D eigenvalue weighted by atomic mass is 10.3. The van der Waals surface area contributed by atoms with E-state index in [2.05, 4.69) is 9.97 Å². The summed E-state index contributed by atoms with van der Waals surface area (Å²) in [5, 5.41) is 0. The number of hydrogen-bond acceptors (Lipinski definition) is 3. The van der Waals surface area contributed by atoms with E-state index in [1.54, 1.807) is 12.1 Å². The van der Waals surface area contributed by atoms with Gasteiger partial charge in [0.25, 0.3) is 0 Å². The molecule has 3 rings (SSSR count). The van der Waals surface area contributed by atoms with E-state index >= 15 is 0 Å². The third-order valence-corrected chi connectivity index (χ3v) is 2.68. The van der Waals surface area contributed by atoms with Crippen LogP contribution in [0.4, 0.5) is 13.2 Å². The van der Waals surface area contributed by atoms with Crippen LogP contribution in [-0.2, 0) is 6.18 Å². The normalized spacial score (nSPS) is 11.8. The van der Waals surface area contributed by atoms with Crippen LogP contribution in [0.5, 0.6) is 5.88 Å². The average Bonchev–Trinajstić information content (AvgIpc) is 2.82. The second kappa shape index (κ2) is 4.52. The zero-order chi connectivity index (χ0) is 14.2. The highest BCUT2D eigenvalue weighted by Crippen LogP contribution is 2.29. The third-order valence-electron chi connectivity index (χ3n) is 2.68. The molecule has 2 aromatic heterocycles. The summed E-state index contributed by atoms with van der Waals surface area (Å²) in [4.78, 5) is 13.1. The van der Waals surface area contributed by atoms with Gasteiger partial charge in [-0.2, -0.15) is 17.9 Å². The first-order chi connectivity index (χ1) is 9.54. The van der Waals surface area contributed by atoms with Crippen LogP contribution in [0.15, 0.2) is 48.9 Å². The monoisotopic (exact) mass is 279 g/mol. The molecular weight excluding hydrogens is 271 g/mol. The smallest absolute Gasteiger partial charge is 0.353 e. The maximum atomic E-state index is 12.4. The van der Waals surface area contributed by atoms with Gasteiger partial charge in [-0.15, -0.1) is 0 Å². The van der Waals surface area contributed by atoms with Crippen LogP contribution >= 0.6 is 0 Å². The quantitative estimate of drug-likeness (QED) is 0.722. The molecule has 4 nitrogen and oxygen atoms in total. The molecule has 0 aliphatic carbocycles. The predicted octanol–water partition coefficient (Wildman–Crippen LogP) is 3.29. The first-order valence-electron chi connectivity index (χ1n) is 5.68. The lowest BCUT2D eigenvalue weighted by molar-refractivity contribution is -0.137. The first kappa shape index (κ1) is 12.5. The van der Waals surface area contributed by atoms with Crippen molar-refractivity contribution in [2.24, 2.45) is 0 Å². The van der Waals surface area contributed by atoms with Crippen molar-refractivity contribution in [1.82, 2.24) is 14.7 Å². The number of halogens is 3. The van der Waals surface area contributed by atoms with Crippen LogP contribution in [-0.4, -0.2) is 14.7 Å². The molecule has 0 saturated carbocycles. The number of imidazole rings is 1. The molecule has 0 amide bonds. The molecule has 0 radical (unpaired) electrons. The lowest BCUT2D eigenvalue weighted by Gasteiger charge is -2.08. The largest absolute Gasteiger partial charge is 0.417 e. The summed E-state index contributed by atoms with van der Waals surface area (Å²) in [6, 6.07) is 9.31. The number of para-hydroxylation sites is 2. The van der Waals surface area contributed by atoms with Gasteiger partial charge in [-0.25, -0.2) is 9.97 Å². The van der Waals surface area contributed by atoms with Crippen LogP contribution < -0.4 is 4.84 Å². The first-order valence-corrected chi connectivity index (χ1v) is 5.68. The molecule has 0 bridgehead atoms. The molecule has 0 unspecified atom stereocenters. The Hall–Kier alpha value is -2.57. The van der Waals surface area contributed by atoms with E-state index in [-0.39, 0.29) is 5.88 Å². The van der Waals surface area contributed by atoms with Gasteiger partial charge in [-0.05, 0) is 18.2 Å². The zero-order valence-electron chi connectivity index (χ0n) is 10.0. The van der Waals surface area contributed by atoms with Gasteiger partial charge in [0.15, 0.2) is 0 Å². The van der Waals surface area contributed by atoms with Gasteiger partial charge in [0.1, 0.15) is 11.8 Å². The SMILES string of the molecule is FC(F)(F)c1ccc(On2cnc3ccccc32)nc1. The number of alkyl halides is 3. The molecule has 3 aromatic rings. The van der Waals surface area contributed by atoms with Gasteiger partial charge in [-0.3, -0.25) is 0 Å². The fourth-order valence-electron chi connectivity index (χ4n) is 1.71. The van der Waals surface area contributed by atoms with Gasteiger partial charge in [0.05, 0.1) is 11.1 Å². The molecule has 0 N–H and O–H groups in total. The molecule has 0 fully saturated rings.